The fraction of sp³-hybridized carbons (Fsp3) is 0.667. The maximum absolute atomic E-state index is 13.5. The number of aromatic nitrogens is 1. The lowest BCUT2D eigenvalue weighted by Crippen LogP contribution is -2.56. The van der Waals surface area contributed by atoms with Crippen LogP contribution in [0.4, 0.5) is 0 Å². The average Bonchev–Trinajstić information content (AvgIpc) is 3.57. The lowest BCUT2D eigenvalue weighted by atomic mass is 9.96. The molecule has 0 spiro atoms. The Kier molecular flexibility index (Phi) is 5.92. The molecule has 0 radical (unpaired) electrons. The first-order chi connectivity index (χ1) is 13.7. The normalized spacial score (nSPS) is 26.3. The fourth-order valence-corrected chi connectivity index (χ4v) is 4.30. The number of likely N-dealkylation sites (N-methyl/N-ethyl adjacent to an activating group) is 1. The Morgan fingerprint density at radius 1 is 1.29 bits per heavy atom. The highest BCUT2D eigenvalue weighted by Crippen LogP contribution is 2.39. The number of carbonyl (C=O) groups excluding carboxylic acids is 2. The Hall–Kier alpha value is -1.99. The molecular weight excluding hydrogens is 358 g/mol. The summed E-state index contributed by atoms with van der Waals surface area (Å²) in [6, 6.07) is 3.59. The van der Waals surface area contributed by atoms with Crippen molar-refractivity contribution in [1.29, 1.82) is 0 Å². The summed E-state index contributed by atoms with van der Waals surface area (Å²) in [7, 11) is 0. The molecule has 152 valence electrons. The first-order valence-corrected chi connectivity index (χ1v) is 10.4. The molecule has 2 amide bonds. The topological polar surface area (TPSA) is 72.0 Å². The SMILES string of the molecule is CCN(CC1CCOCC1)C(=O)[C@H]1OCC(=O)N(C2CC2)[C@@H]1c1cccnc1. The van der Waals surface area contributed by atoms with Crippen LogP contribution in [0.5, 0.6) is 0 Å². The number of ether oxygens (including phenoxy) is 2. The van der Waals surface area contributed by atoms with E-state index in [0.29, 0.717) is 12.5 Å². The Morgan fingerprint density at radius 3 is 2.71 bits per heavy atom. The second-order valence-electron chi connectivity index (χ2n) is 7.93. The van der Waals surface area contributed by atoms with Gasteiger partial charge >= 0.3 is 0 Å². The number of pyridine rings is 1. The van der Waals surface area contributed by atoms with E-state index in [1.165, 1.54) is 0 Å². The first-order valence-electron chi connectivity index (χ1n) is 10.4. The maximum Gasteiger partial charge on any atom is 0.254 e. The summed E-state index contributed by atoms with van der Waals surface area (Å²) >= 11 is 0. The van der Waals surface area contributed by atoms with E-state index < -0.39 is 12.1 Å². The number of nitrogens with zero attached hydrogens (tertiary/aromatic N) is 3. The van der Waals surface area contributed by atoms with Gasteiger partial charge in [0.05, 0.1) is 6.04 Å². The van der Waals surface area contributed by atoms with E-state index in [4.69, 9.17) is 9.47 Å². The summed E-state index contributed by atoms with van der Waals surface area (Å²) in [6.07, 6.45) is 6.71. The Bertz CT molecular complexity index is 688. The smallest absolute Gasteiger partial charge is 0.254 e. The van der Waals surface area contributed by atoms with Gasteiger partial charge in [0.15, 0.2) is 6.10 Å². The zero-order valence-electron chi connectivity index (χ0n) is 16.5. The zero-order chi connectivity index (χ0) is 19.5. The summed E-state index contributed by atoms with van der Waals surface area (Å²) in [5.74, 6) is 0.396. The molecule has 0 unspecified atom stereocenters. The molecular formula is C21H29N3O4. The summed E-state index contributed by atoms with van der Waals surface area (Å²) in [5.41, 5.74) is 0.864. The van der Waals surface area contributed by atoms with Gasteiger partial charge in [0.2, 0.25) is 5.91 Å². The summed E-state index contributed by atoms with van der Waals surface area (Å²) in [6.45, 7) is 4.85. The van der Waals surface area contributed by atoms with Gasteiger partial charge in [0, 0.05) is 44.7 Å². The van der Waals surface area contributed by atoms with Crippen molar-refractivity contribution in [3.05, 3.63) is 30.1 Å². The number of amides is 2. The van der Waals surface area contributed by atoms with E-state index >= 15 is 0 Å². The van der Waals surface area contributed by atoms with E-state index in [1.807, 2.05) is 28.9 Å². The molecule has 2 atom stereocenters. The zero-order valence-corrected chi connectivity index (χ0v) is 16.5. The predicted molar refractivity (Wildman–Crippen MR) is 102 cm³/mol. The van der Waals surface area contributed by atoms with Crippen LogP contribution in [0.25, 0.3) is 0 Å². The van der Waals surface area contributed by atoms with Crippen LogP contribution >= 0.6 is 0 Å². The maximum atomic E-state index is 13.5. The molecule has 7 heteroatoms. The van der Waals surface area contributed by atoms with Crippen LogP contribution in [0.2, 0.25) is 0 Å². The van der Waals surface area contributed by atoms with Crippen LogP contribution in [0.15, 0.2) is 24.5 Å². The van der Waals surface area contributed by atoms with E-state index in [0.717, 1.165) is 51.0 Å². The lowest BCUT2D eigenvalue weighted by molar-refractivity contribution is -0.170. The number of rotatable bonds is 6. The monoisotopic (exact) mass is 387 g/mol. The molecule has 28 heavy (non-hydrogen) atoms. The van der Waals surface area contributed by atoms with Crippen molar-refractivity contribution in [3.63, 3.8) is 0 Å². The molecule has 1 aromatic rings. The quantitative estimate of drug-likeness (QED) is 0.744. The molecule has 2 saturated heterocycles. The van der Waals surface area contributed by atoms with Gasteiger partial charge in [-0.05, 0) is 50.2 Å². The molecule has 7 nitrogen and oxygen atoms in total. The Labute approximate surface area is 166 Å². The molecule has 1 aromatic heterocycles. The number of hydrogen-bond acceptors (Lipinski definition) is 5. The highest BCUT2D eigenvalue weighted by molar-refractivity contribution is 5.86. The largest absolute Gasteiger partial charge is 0.381 e. The molecule has 4 rings (SSSR count). The summed E-state index contributed by atoms with van der Waals surface area (Å²) in [5, 5.41) is 0. The Balaban J connectivity index is 1.57. The van der Waals surface area contributed by atoms with E-state index in [1.54, 1.807) is 12.4 Å². The average molecular weight is 387 g/mol. The van der Waals surface area contributed by atoms with Crippen molar-refractivity contribution in [2.45, 2.75) is 50.8 Å². The van der Waals surface area contributed by atoms with E-state index in [-0.39, 0.29) is 24.5 Å². The summed E-state index contributed by atoms with van der Waals surface area (Å²) < 4.78 is 11.3. The van der Waals surface area contributed by atoms with Crippen molar-refractivity contribution in [2.75, 3.05) is 32.9 Å². The van der Waals surface area contributed by atoms with Crippen molar-refractivity contribution in [1.82, 2.24) is 14.8 Å². The molecule has 3 fully saturated rings. The van der Waals surface area contributed by atoms with Gasteiger partial charge in [0.1, 0.15) is 6.61 Å². The van der Waals surface area contributed by atoms with Crippen LogP contribution in [-0.2, 0) is 19.1 Å². The van der Waals surface area contributed by atoms with Gasteiger partial charge < -0.3 is 19.3 Å². The standard InChI is InChI=1S/C21H29N3O4/c1-2-23(13-15-7-10-27-11-8-15)21(26)20-19(16-4-3-9-22-12-16)24(17-5-6-17)18(25)14-28-20/h3-4,9,12,15,17,19-20H,2,5-8,10-11,13-14H2,1H3/t19-,20+/m1/s1. The van der Waals surface area contributed by atoms with Gasteiger partial charge in [-0.3, -0.25) is 14.6 Å². The predicted octanol–water partition coefficient (Wildman–Crippen LogP) is 1.79. The minimum atomic E-state index is -0.678. The minimum Gasteiger partial charge on any atom is -0.381 e. The van der Waals surface area contributed by atoms with Crippen molar-refractivity contribution >= 4 is 11.8 Å². The van der Waals surface area contributed by atoms with Crippen LogP contribution in [0.1, 0.15) is 44.2 Å². The van der Waals surface area contributed by atoms with Gasteiger partial charge in [-0.1, -0.05) is 6.07 Å². The van der Waals surface area contributed by atoms with Crippen LogP contribution < -0.4 is 0 Å². The van der Waals surface area contributed by atoms with Crippen molar-refractivity contribution in [3.8, 4) is 0 Å². The summed E-state index contributed by atoms with van der Waals surface area (Å²) in [4.78, 5) is 34.1. The molecule has 0 bridgehead atoms. The van der Waals surface area contributed by atoms with Crippen molar-refractivity contribution in [2.24, 2.45) is 5.92 Å². The van der Waals surface area contributed by atoms with E-state index in [9.17, 15) is 9.59 Å². The first kappa shape index (κ1) is 19.3. The molecule has 3 aliphatic rings. The van der Waals surface area contributed by atoms with Crippen molar-refractivity contribution < 1.29 is 19.1 Å². The molecule has 1 aliphatic carbocycles. The third kappa shape index (κ3) is 4.05. The van der Waals surface area contributed by atoms with Gasteiger partial charge in [0.25, 0.3) is 5.91 Å². The van der Waals surface area contributed by atoms with Crippen LogP contribution in [-0.4, -0.2) is 71.7 Å². The molecule has 0 aromatic carbocycles. The fourth-order valence-electron chi connectivity index (χ4n) is 4.30. The lowest BCUT2D eigenvalue weighted by Gasteiger charge is -2.42. The van der Waals surface area contributed by atoms with Crippen LogP contribution in [0.3, 0.4) is 0 Å². The number of hydrogen-bond donors (Lipinski definition) is 0. The second-order valence-corrected chi connectivity index (χ2v) is 7.93. The molecule has 3 heterocycles. The Morgan fingerprint density at radius 2 is 2.07 bits per heavy atom. The third-order valence-electron chi connectivity index (χ3n) is 5.98. The van der Waals surface area contributed by atoms with Gasteiger partial charge in [-0.25, -0.2) is 0 Å². The highest BCUT2D eigenvalue weighted by Gasteiger charge is 2.48. The van der Waals surface area contributed by atoms with Gasteiger partial charge in [-0.15, -0.1) is 0 Å². The molecule has 2 aliphatic heterocycles. The molecule has 0 N–H and O–H groups in total. The number of carbonyl (C=O) groups is 2. The highest BCUT2D eigenvalue weighted by atomic mass is 16.5. The second kappa shape index (κ2) is 8.57. The van der Waals surface area contributed by atoms with E-state index in [2.05, 4.69) is 4.98 Å². The van der Waals surface area contributed by atoms with Crippen LogP contribution in [0, 0.1) is 5.92 Å². The number of morpholine rings is 1. The minimum absolute atomic E-state index is 0.0269. The molecule has 1 saturated carbocycles. The third-order valence-corrected chi connectivity index (χ3v) is 5.98. The van der Waals surface area contributed by atoms with Gasteiger partial charge in [-0.2, -0.15) is 0 Å².